The third-order valence-electron chi connectivity index (χ3n) is 5.81. The van der Waals surface area contributed by atoms with Crippen LogP contribution in [0.1, 0.15) is 23.2 Å². The van der Waals surface area contributed by atoms with Gasteiger partial charge in [-0.3, -0.25) is 19.5 Å². The van der Waals surface area contributed by atoms with Crippen molar-refractivity contribution in [1.82, 2.24) is 14.8 Å². The van der Waals surface area contributed by atoms with Crippen LogP contribution in [0, 0.1) is 0 Å². The molecule has 1 aromatic carbocycles. The number of likely N-dealkylation sites (tertiary alicyclic amines) is 1. The van der Waals surface area contributed by atoms with E-state index in [1.54, 1.807) is 31.6 Å². The number of hydrogen-bond acceptors (Lipinski definition) is 5. The molecule has 2 fully saturated rings. The lowest BCUT2D eigenvalue weighted by atomic mass is 10.0. The van der Waals surface area contributed by atoms with E-state index in [0.29, 0.717) is 24.7 Å². The standard InChI is InChI=1S/C22H26N4O3/c1-29-20-4-2-3-19(15-20)26-14-13-25(16-21(26)27)18-7-11-24(12-8-18)22(28)17-5-9-23-10-6-17/h2-6,9-10,15,18H,7-8,11-14,16H2,1H3. The molecule has 2 aliphatic rings. The first kappa shape index (κ1) is 19.4. The van der Waals surface area contributed by atoms with Gasteiger partial charge in [-0.05, 0) is 37.1 Å². The number of anilines is 1. The maximum atomic E-state index is 12.8. The molecule has 0 aliphatic carbocycles. The molecule has 2 aliphatic heterocycles. The van der Waals surface area contributed by atoms with E-state index in [4.69, 9.17) is 4.74 Å². The summed E-state index contributed by atoms with van der Waals surface area (Å²) in [6.45, 7) is 3.36. The van der Waals surface area contributed by atoms with Crippen molar-refractivity contribution in [2.75, 3.05) is 44.7 Å². The average Bonchev–Trinajstić information content (AvgIpc) is 2.79. The molecule has 0 spiro atoms. The lowest BCUT2D eigenvalue weighted by Gasteiger charge is -2.42. The van der Waals surface area contributed by atoms with Gasteiger partial charge >= 0.3 is 0 Å². The molecule has 2 aromatic rings. The molecule has 0 atom stereocenters. The number of piperidine rings is 1. The van der Waals surface area contributed by atoms with Gasteiger partial charge in [0, 0.05) is 61.9 Å². The molecule has 152 valence electrons. The highest BCUT2D eigenvalue weighted by molar-refractivity contribution is 5.96. The Hall–Kier alpha value is -2.93. The number of carbonyl (C=O) groups is 2. The Labute approximate surface area is 170 Å². The van der Waals surface area contributed by atoms with Crippen LogP contribution in [0.5, 0.6) is 5.75 Å². The van der Waals surface area contributed by atoms with Crippen molar-refractivity contribution < 1.29 is 14.3 Å². The van der Waals surface area contributed by atoms with E-state index in [1.807, 2.05) is 34.1 Å². The summed E-state index contributed by atoms with van der Waals surface area (Å²) in [6, 6.07) is 11.5. The molecular weight excluding hydrogens is 368 g/mol. The SMILES string of the molecule is COc1cccc(N2CCN(C3CCN(C(=O)c4ccncc4)CC3)CC2=O)c1. The van der Waals surface area contributed by atoms with Crippen LogP contribution in [-0.4, -0.2) is 72.5 Å². The predicted octanol–water partition coefficient (Wildman–Crippen LogP) is 2.04. The minimum atomic E-state index is 0.0600. The molecule has 7 nitrogen and oxygen atoms in total. The van der Waals surface area contributed by atoms with Crippen molar-refractivity contribution in [2.45, 2.75) is 18.9 Å². The van der Waals surface area contributed by atoms with Gasteiger partial charge in [0.1, 0.15) is 5.75 Å². The summed E-state index contributed by atoms with van der Waals surface area (Å²) in [7, 11) is 1.63. The lowest BCUT2D eigenvalue weighted by Crippen LogP contribution is -2.56. The van der Waals surface area contributed by atoms with Gasteiger partial charge in [0.15, 0.2) is 0 Å². The number of rotatable bonds is 4. The van der Waals surface area contributed by atoms with E-state index in [2.05, 4.69) is 9.88 Å². The number of pyridine rings is 1. The van der Waals surface area contributed by atoms with E-state index >= 15 is 0 Å². The summed E-state index contributed by atoms with van der Waals surface area (Å²) in [5, 5.41) is 0. The van der Waals surface area contributed by atoms with Crippen molar-refractivity contribution in [3.05, 3.63) is 54.4 Å². The molecule has 0 unspecified atom stereocenters. The number of benzene rings is 1. The van der Waals surface area contributed by atoms with Gasteiger partial charge in [0.2, 0.25) is 5.91 Å². The van der Waals surface area contributed by atoms with Crippen LogP contribution in [0.15, 0.2) is 48.8 Å². The molecule has 0 saturated carbocycles. The van der Waals surface area contributed by atoms with Gasteiger partial charge in [-0.25, -0.2) is 0 Å². The van der Waals surface area contributed by atoms with Gasteiger partial charge in [-0.1, -0.05) is 6.07 Å². The molecule has 1 aromatic heterocycles. The van der Waals surface area contributed by atoms with Crippen molar-refractivity contribution >= 4 is 17.5 Å². The molecule has 29 heavy (non-hydrogen) atoms. The third-order valence-corrected chi connectivity index (χ3v) is 5.81. The van der Waals surface area contributed by atoms with E-state index in [1.165, 1.54) is 0 Å². The first-order valence-corrected chi connectivity index (χ1v) is 10.0. The molecule has 0 N–H and O–H groups in total. The summed E-state index contributed by atoms with van der Waals surface area (Å²) in [5.41, 5.74) is 1.56. The second kappa shape index (κ2) is 8.61. The Morgan fingerprint density at radius 3 is 2.52 bits per heavy atom. The molecule has 7 heteroatoms. The van der Waals surface area contributed by atoms with Gasteiger partial charge in [0.25, 0.3) is 5.91 Å². The van der Waals surface area contributed by atoms with Crippen LogP contribution in [0.2, 0.25) is 0 Å². The van der Waals surface area contributed by atoms with Crippen LogP contribution < -0.4 is 9.64 Å². The van der Waals surface area contributed by atoms with Crippen molar-refractivity contribution in [1.29, 1.82) is 0 Å². The fourth-order valence-corrected chi connectivity index (χ4v) is 4.17. The zero-order chi connectivity index (χ0) is 20.2. The fraction of sp³-hybridized carbons (Fsp3) is 0.409. The number of amides is 2. The Balaban J connectivity index is 1.32. The van der Waals surface area contributed by atoms with Crippen molar-refractivity contribution in [2.24, 2.45) is 0 Å². The van der Waals surface area contributed by atoms with Crippen LogP contribution in [0.4, 0.5) is 5.69 Å². The highest BCUT2D eigenvalue weighted by Crippen LogP contribution is 2.25. The van der Waals surface area contributed by atoms with Crippen LogP contribution in [-0.2, 0) is 4.79 Å². The first-order valence-electron chi connectivity index (χ1n) is 10.0. The third kappa shape index (κ3) is 4.24. The largest absolute Gasteiger partial charge is 0.497 e. The lowest BCUT2D eigenvalue weighted by molar-refractivity contribution is -0.122. The van der Waals surface area contributed by atoms with Crippen LogP contribution in [0.3, 0.4) is 0 Å². The maximum Gasteiger partial charge on any atom is 0.253 e. The van der Waals surface area contributed by atoms with E-state index < -0.39 is 0 Å². The Morgan fingerprint density at radius 2 is 1.83 bits per heavy atom. The average molecular weight is 394 g/mol. The van der Waals surface area contributed by atoms with Gasteiger partial charge in [0.05, 0.1) is 13.7 Å². The van der Waals surface area contributed by atoms with E-state index in [0.717, 1.165) is 43.9 Å². The summed E-state index contributed by atoms with van der Waals surface area (Å²) < 4.78 is 5.27. The summed E-state index contributed by atoms with van der Waals surface area (Å²) in [6.07, 6.45) is 5.08. The first-order chi connectivity index (χ1) is 14.2. The molecule has 2 amide bonds. The second-order valence-corrected chi connectivity index (χ2v) is 7.48. The maximum absolute atomic E-state index is 12.8. The molecule has 0 radical (unpaired) electrons. The number of aromatic nitrogens is 1. The van der Waals surface area contributed by atoms with Crippen LogP contribution in [0.25, 0.3) is 0 Å². The number of ether oxygens (including phenoxy) is 1. The molecule has 0 bridgehead atoms. The number of piperazine rings is 1. The van der Waals surface area contributed by atoms with Gasteiger partial charge in [-0.2, -0.15) is 0 Å². The number of carbonyl (C=O) groups excluding carboxylic acids is 2. The highest BCUT2D eigenvalue weighted by Gasteiger charge is 2.32. The minimum Gasteiger partial charge on any atom is -0.497 e. The smallest absolute Gasteiger partial charge is 0.253 e. The van der Waals surface area contributed by atoms with E-state index in [-0.39, 0.29) is 11.8 Å². The molecule has 2 saturated heterocycles. The Morgan fingerprint density at radius 1 is 1.07 bits per heavy atom. The van der Waals surface area contributed by atoms with Gasteiger partial charge in [-0.15, -0.1) is 0 Å². The zero-order valence-electron chi connectivity index (χ0n) is 16.7. The molecule has 3 heterocycles. The molecule has 4 rings (SSSR count). The quantitative estimate of drug-likeness (QED) is 0.794. The summed E-state index contributed by atoms with van der Waals surface area (Å²) in [5.74, 6) is 0.925. The second-order valence-electron chi connectivity index (χ2n) is 7.48. The Bertz CT molecular complexity index is 865. The van der Waals surface area contributed by atoms with Crippen molar-refractivity contribution in [3.63, 3.8) is 0 Å². The zero-order valence-corrected chi connectivity index (χ0v) is 16.7. The number of methoxy groups -OCH3 is 1. The normalized spacial score (nSPS) is 18.7. The predicted molar refractivity (Wildman–Crippen MR) is 110 cm³/mol. The van der Waals surface area contributed by atoms with Crippen molar-refractivity contribution in [3.8, 4) is 5.75 Å². The van der Waals surface area contributed by atoms with E-state index in [9.17, 15) is 9.59 Å². The fourth-order valence-electron chi connectivity index (χ4n) is 4.17. The number of nitrogens with zero attached hydrogens (tertiary/aromatic N) is 4. The van der Waals surface area contributed by atoms with Crippen LogP contribution >= 0.6 is 0 Å². The summed E-state index contributed by atoms with van der Waals surface area (Å²) >= 11 is 0. The summed E-state index contributed by atoms with van der Waals surface area (Å²) in [4.78, 5) is 35.4. The minimum absolute atomic E-state index is 0.0600. The highest BCUT2D eigenvalue weighted by atomic mass is 16.5. The Kier molecular flexibility index (Phi) is 5.76. The van der Waals surface area contributed by atoms with Gasteiger partial charge < -0.3 is 14.5 Å². The monoisotopic (exact) mass is 394 g/mol. The number of hydrogen-bond donors (Lipinski definition) is 0. The molecular formula is C22H26N4O3. The topological polar surface area (TPSA) is 66.0 Å².